The molecule has 0 aromatic carbocycles. The molecule has 0 aromatic rings. The quantitative estimate of drug-likeness (QED) is 0.616. The number of allylic oxidation sites excluding steroid dienone is 1. The third kappa shape index (κ3) is 6.07. The topological polar surface area (TPSA) is 9.23 Å². The molecule has 0 aromatic heterocycles. The summed E-state index contributed by atoms with van der Waals surface area (Å²) in [7, 11) is 0. The summed E-state index contributed by atoms with van der Waals surface area (Å²) in [5.74, 6) is 0.604. The third-order valence-corrected chi connectivity index (χ3v) is 3.37. The van der Waals surface area contributed by atoms with Gasteiger partial charge in [-0.25, -0.2) is 0 Å². The van der Waals surface area contributed by atoms with Crippen molar-refractivity contribution in [2.75, 3.05) is 6.61 Å². The molecule has 17 heavy (non-hydrogen) atoms. The lowest BCUT2D eigenvalue weighted by atomic mass is 9.77. The molecule has 1 nitrogen and oxygen atoms in total. The Morgan fingerprint density at radius 3 is 2.29 bits per heavy atom. The smallest absolute Gasteiger partial charge is 0.0797 e. The molecule has 1 aliphatic rings. The zero-order chi connectivity index (χ0) is 13.5. The number of hydrogen-bond acceptors (Lipinski definition) is 1. The van der Waals surface area contributed by atoms with Crippen LogP contribution in [0.5, 0.6) is 0 Å². The van der Waals surface area contributed by atoms with Gasteiger partial charge in [-0.3, -0.25) is 0 Å². The van der Waals surface area contributed by atoms with E-state index >= 15 is 0 Å². The van der Waals surface area contributed by atoms with Gasteiger partial charge in [-0.1, -0.05) is 65.3 Å². The molecule has 0 radical (unpaired) electrons. The van der Waals surface area contributed by atoms with Crippen LogP contribution < -0.4 is 0 Å². The zero-order valence-corrected chi connectivity index (χ0v) is 12.7. The average Bonchev–Trinajstić information content (AvgIpc) is 2.30. The standard InChI is InChI=1S/C14H24O.C2H6/c1-11(12(2)14(3,4)5)10-13-8-6-7-9-15-13;1-2/h6-7,10,12-13H,8-9H2,1-5H3;1-2H3/b11-10+;. The second kappa shape index (κ2) is 7.71. The highest BCUT2D eigenvalue weighted by atomic mass is 16.5. The minimum absolute atomic E-state index is 0.291. The minimum atomic E-state index is 0.291. The van der Waals surface area contributed by atoms with Crippen LogP contribution in [0, 0.1) is 11.3 Å². The van der Waals surface area contributed by atoms with Crippen LogP contribution in [0.4, 0.5) is 0 Å². The predicted molar refractivity (Wildman–Crippen MR) is 77.2 cm³/mol. The van der Waals surface area contributed by atoms with E-state index in [-0.39, 0.29) is 0 Å². The van der Waals surface area contributed by atoms with E-state index in [0.29, 0.717) is 17.4 Å². The van der Waals surface area contributed by atoms with Crippen molar-refractivity contribution in [1.82, 2.24) is 0 Å². The van der Waals surface area contributed by atoms with Gasteiger partial charge in [0.2, 0.25) is 0 Å². The first-order chi connectivity index (χ1) is 7.91. The summed E-state index contributed by atoms with van der Waals surface area (Å²) < 4.78 is 5.65. The van der Waals surface area contributed by atoms with Crippen LogP contribution in [0.25, 0.3) is 0 Å². The van der Waals surface area contributed by atoms with Crippen LogP contribution in [-0.4, -0.2) is 12.7 Å². The van der Waals surface area contributed by atoms with Gasteiger partial charge >= 0.3 is 0 Å². The van der Waals surface area contributed by atoms with Crippen molar-refractivity contribution in [1.29, 1.82) is 0 Å². The Bertz CT molecular complexity index is 255. The Morgan fingerprint density at radius 2 is 1.88 bits per heavy atom. The molecular weight excluding hydrogens is 208 g/mol. The SMILES string of the molecule is C/C(=C\C1CC=CCO1)C(C)C(C)(C)C.CC. The fourth-order valence-electron chi connectivity index (χ4n) is 1.78. The summed E-state index contributed by atoms with van der Waals surface area (Å²) in [6.07, 6.45) is 7.90. The largest absolute Gasteiger partial charge is 0.370 e. The van der Waals surface area contributed by atoms with Gasteiger partial charge in [0.15, 0.2) is 0 Å². The van der Waals surface area contributed by atoms with Gasteiger partial charge in [0, 0.05) is 0 Å². The number of hydrogen-bond donors (Lipinski definition) is 0. The zero-order valence-electron chi connectivity index (χ0n) is 12.7. The van der Waals surface area contributed by atoms with Crippen molar-refractivity contribution >= 4 is 0 Å². The first-order valence-electron chi connectivity index (χ1n) is 6.86. The van der Waals surface area contributed by atoms with Gasteiger partial charge in [-0.05, 0) is 24.7 Å². The second-order valence-electron chi connectivity index (χ2n) is 5.58. The van der Waals surface area contributed by atoms with Crippen LogP contribution in [-0.2, 0) is 4.74 Å². The normalized spacial score (nSPS) is 22.8. The van der Waals surface area contributed by atoms with E-state index in [1.165, 1.54) is 5.57 Å². The highest BCUT2D eigenvalue weighted by Gasteiger charge is 2.22. The Hall–Kier alpha value is -0.560. The van der Waals surface area contributed by atoms with Crippen molar-refractivity contribution in [2.24, 2.45) is 11.3 Å². The fourth-order valence-corrected chi connectivity index (χ4v) is 1.78. The highest BCUT2D eigenvalue weighted by molar-refractivity contribution is 5.10. The molecule has 1 rings (SSSR count). The van der Waals surface area contributed by atoms with E-state index in [4.69, 9.17) is 4.74 Å². The molecule has 0 saturated heterocycles. The molecular formula is C16H30O. The maximum absolute atomic E-state index is 5.65. The van der Waals surface area contributed by atoms with Gasteiger partial charge < -0.3 is 4.74 Å². The minimum Gasteiger partial charge on any atom is -0.370 e. The lowest BCUT2D eigenvalue weighted by Gasteiger charge is -2.29. The van der Waals surface area contributed by atoms with E-state index in [1.54, 1.807) is 0 Å². The number of rotatable bonds is 2. The van der Waals surface area contributed by atoms with E-state index in [2.05, 4.69) is 52.8 Å². The fraction of sp³-hybridized carbons (Fsp3) is 0.750. The highest BCUT2D eigenvalue weighted by Crippen LogP contribution is 2.31. The maximum atomic E-state index is 5.65. The van der Waals surface area contributed by atoms with E-state index in [9.17, 15) is 0 Å². The molecule has 0 fully saturated rings. The molecule has 0 N–H and O–H groups in total. The first-order valence-corrected chi connectivity index (χ1v) is 6.86. The van der Waals surface area contributed by atoms with Crippen molar-refractivity contribution in [3.05, 3.63) is 23.8 Å². The van der Waals surface area contributed by atoms with Crippen LogP contribution in [0.15, 0.2) is 23.8 Å². The van der Waals surface area contributed by atoms with Gasteiger partial charge in [-0.15, -0.1) is 0 Å². The van der Waals surface area contributed by atoms with Gasteiger partial charge in [0.1, 0.15) is 0 Å². The molecule has 1 aliphatic heterocycles. The predicted octanol–water partition coefficient (Wildman–Crippen LogP) is 4.99. The molecule has 0 spiro atoms. The molecule has 0 amide bonds. The van der Waals surface area contributed by atoms with Gasteiger partial charge in [0.05, 0.1) is 12.7 Å². The van der Waals surface area contributed by atoms with Crippen molar-refractivity contribution in [2.45, 2.75) is 61.0 Å². The number of ether oxygens (including phenoxy) is 1. The van der Waals surface area contributed by atoms with Crippen molar-refractivity contribution in [3.63, 3.8) is 0 Å². The summed E-state index contributed by atoms with van der Waals surface area (Å²) in [6.45, 7) is 16.1. The van der Waals surface area contributed by atoms with Crippen LogP contribution in [0.1, 0.15) is 54.9 Å². The van der Waals surface area contributed by atoms with Crippen molar-refractivity contribution in [3.8, 4) is 0 Å². The second-order valence-corrected chi connectivity index (χ2v) is 5.58. The lowest BCUT2D eigenvalue weighted by molar-refractivity contribution is 0.101. The Labute approximate surface area is 108 Å². The first kappa shape index (κ1) is 16.4. The maximum Gasteiger partial charge on any atom is 0.0797 e. The summed E-state index contributed by atoms with van der Waals surface area (Å²) in [5.41, 5.74) is 1.79. The Balaban J connectivity index is 0.00000121. The molecule has 0 saturated carbocycles. The van der Waals surface area contributed by atoms with Gasteiger partial charge in [0.25, 0.3) is 0 Å². The molecule has 0 aliphatic carbocycles. The molecule has 100 valence electrons. The van der Waals surface area contributed by atoms with Gasteiger partial charge in [-0.2, -0.15) is 0 Å². The average molecular weight is 238 g/mol. The van der Waals surface area contributed by atoms with Crippen LogP contribution >= 0.6 is 0 Å². The Kier molecular flexibility index (Phi) is 7.45. The van der Waals surface area contributed by atoms with E-state index in [0.717, 1.165) is 13.0 Å². The van der Waals surface area contributed by atoms with Crippen molar-refractivity contribution < 1.29 is 4.74 Å². The van der Waals surface area contributed by atoms with E-state index < -0.39 is 0 Å². The monoisotopic (exact) mass is 238 g/mol. The molecule has 0 bridgehead atoms. The molecule has 2 unspecified atom stereocenters. The molecule has 1 heteroatoms. The molecule has 2 atom stereocenters. The summed E-state index contributed by atoms with van der Waals surface area (Å²) in [6, 6.07) is 0. The molecule has 1 heterocycles. The summed E-state index contributed by atoms with van der Waals surface area (Å²) in [4.78, 5) is 0. The summed E-state index contributed by atoms with van der Waals surface area (Å²) in [5, 5.41) is 0. The Morgan fingerprint density at radius 1 is 1.29 bits per heavy atom. The third-order valence-electron chi connectivity index (χ3n) is 3.37. The summed E-state index contributed by atoms with van der Waals surface area (Å²) >= 11 is 0. The lowest BCUT2D eigenvalue weighted by Crippen LogP contribution is -2.20. The van der Waals surface area contributed by atoms with Crippen LogP contribution in [0.3, 0.4) is 0 Å². The van der Waals surface area contributed by atoms with Crippen LogP contribution in [0.2, 0.25) is 0 Å². The van der Waals surface area contributed by atoms with E-state index in [1.807, 2.05) is 13.8 Å².